The van der Waals surface area contributed by atoms with E-state index in [0.29, 0.717) is 22.9 Å². The van der Waals surface area contributed by atoms with Gasteiger partial charge in [-0.2, -0.15) is 10.2 Å². The van der Waals surface area contributed by atoms with E-state index in [-0.39, 0.29) is 37.9 Å². The molecule has 3 aromatic rings. The van der Waals surface area contributed by atoms with E-state index in [0.717, 1.165) is 12.1 Å². The number of nitrogens with zero attached hydrogens (tertiary/aromatic N) is 2. The number of hydrogen-bond acceptors (Lipinski definition) is 6. The SMILES string of the molecule is Fc1cc2c(F)cc1OCCOc1cccc(c1)N=Nc1cccc(c1)OCCO2. The first-order chi connectivity index (χ1) is 14.7. The van der Waals surface area contributed by atoms with Crippen molar-refractivity contribution < 1.29 is 27.7 Å². The summed E-state index contributed by atoms with van der Waals surface area (Å²) in [7, 11) is 0. The highest BCUT2D eigenvalue weighted by Crippen LogP contribution is 2.28. The van der Waals surface area contributed by atoms with Crippen LogP contribution in [0.4, 0.5) is 20.2 Å². The third kappa shape index (κ3) is 5.02. The van der Waals surface area contributed by atoms with Crippen LogP contribution in [0, 0.1) is 11.6 Å². The summed E-state index contributed by atoms with van der Waals surface area (Å²) in [5.41, 5.74) is 1.21. The van der Waals surface area contributed by atoms with E-state index < -0.39 is 11.6 Å². The number of fused-ring (bicyclic) bond motifs is 8. The predicted octanol–water partition coefficient (Wildman–Crippen LogP) is 5.61. The summed E-state index contributed by atoms with van der Waals surface area (Å²) in [5.74, 6) is -0.774. The number of benzene rings is 3. The third-order valence-electron chi connectivity index (χ3n) is 4.12. The van der Waals surface area contributed by atoms with Gasteiger partial charge in [0, 0.05) is 24.3 Å². The molecule has 30 heavy (non-hydrogen) atoms. The highest BCUT2D eigenvalue weighted by atomic mass is 19.1. The third-order valence-corrected chi connectivity index (χ3v) is 4.12. The van der Waals surface area contributed by atoms with Gasteiger partial charge in [0.25, 0.3) is 0 Å². The Morgan fingerprint density at radius 1 is 0.567 bits per heavy atom. The maximum Gasteiger partial charge on any atom is 0.168 e. The summed E-state index contributed by atoms with van der Waals surface area (Å²) in [6, 6.07) is 16.0. The van der Waals surface area contributed by atoms with Gasteiger partial charge in [-0.3, -0.25) is 0 Å². The van der Waals surface area contributed by atoms with Crippen molar-refractivity contribution in [1.29, 1.82) is 0 Å². The number of hydrogen-bond donors (Lipinski definition) is 0. The summed E-state index contributed by atoms with van der Waals surface area (Å²) in [5, 5.41) is 8.42. The van der Waals surface area contributed by atoms with Gasteiger partial charge in [0.2, 0.25) is 0 Å². The van der Waals surface area contributed by atoms with Crippen LogP contribution in [-0.2, 0) is 0 Å². The van der Waals surface area contributed by atoms with Crippen LogP contribution in [0.2, 0.25) is 0 Å². The summed E-state index contributed by atoms with van der Waals surface area (Å²) in [4.78, 5) is 0. The van der Waals surface area contributed by atoms with Crippen LogP contribution in [-0.4, -0.2) is 26.4 Å². The molecule has 0 radical (unpaired) electrons. The van der Waals surface area contributed by atoms with Crippen molar-refractivity contribution in [2.45, 2.75) is 0 Å². The quantitative estimate of drug-likeness (QED) is 0.482. The zero-order valence-electron chi connectivity index (χ0n) is 15.9. The molecule has 0 atom stereocenters. The van der Waals surface area contributed by atoms with Crippen molar-refractivity contribution in [3.8, 4) is 23.0 Å². The van der Waals surface area contributed by atoms with Gasteiger partial charge in [-0.15, -0.1) is 0 Å². The minimum Gasteiger partial charge on any atom is -0.490 e. The fraction of sp³-hybridized carbons (Fsp3) is 0.182. The van der Waals surface area contributed by atoms with Gasteiger partial charge in [-0.25, -0.2) is 8.78 Å². The Morgan fingerprint density at radius 2 is 1.00 bits per heavy atom. The Balaban J connectivity index is 1.58. The molecule has 6 bridgehead atoms. The van der Waals surface area contributed by atoms with E-state index in [9.17, 15) is 8.78 Å². The molecule has 2 aliphatic heterocycles. The molecule has 2 aliphatic rings. The second kappa shape index (κ2) is 9.21. The predicted molar refractivity (Wildman–Crippen MR) is 105 cm³/mol. The van der Waals surface area contributed by atoms with E-state index >= 15 is 0 Å². The number of rotatable bonds is 0. The van der Waals surface area contributed by atoms with E-state index in [4.69, 9.17) is 18.9 Å². The lowest BCUT2D eigenvalue weighted by atomic mass is 10.3. The molecular weight excluding hydrogens is 394 g/mol. The second-order valence-electron chi connectivity index (χ2n) is 6.30. The first-order valence-corrected chi connectivity index (χ1v) is 9.29. The van der Waals surface area contributed by atoms with Crippen molar-refractivity contribution in [3.05, 3.63) is 72.3 Å². The molecular formula is C22H18F2N2O4. The largest absolute Gasteiger partial charge is 0.490 e. The Morgan fingerprint density at radius 3 is 1.47 bits per heavy atom. The maximum atomic E-state index is 14.2. The lowest BCUT2D eigenvalue weighted by Gasteiger charge is -2.12. The number of ether oxygens (including phenoxy) is 4. The zero-order valence-corrected chi connectivity index (χ0v) is 15.9. The highest BCUT2D eigenvalue weighted by Gasteiger charge is 2.13. The van der Waals surface area contributed by atoms with Gasteiger partial charge in [0.05, 0.1) is 11.4 Å². The molecule has 0 saturated carbocycles. The fourth-order valence-electron chi connectivity index (χ4n) is 2.74. The number of azo groups is 1. The lowest BCUT2D eigenvalue weighted by Crippen LogP contribution is -2.11. The minimum atomic E-state index is -0.725. The zero-order chi connectivity index (χ0) is 20.8. The van der Waals surface area contributed by atoms with Crippen LogP contribution in [0.25, 0.3) is 0 Å². The number of halogens is 2. The van der Waals surface area contributed by atoms with Crippen molar-refractivity contribution in [2.24, 2.45) is 10.2 Å². The summed E-state index contributed by atoms with van der Waals surface area (Å²) in [6.07, 6.45) is 0. The van der Waals surface area contributed by atoms with Gasteiger partial charge in [-0.05, 0) is 24.3 Å². The molecule has 0 unspecified atom stereocenters. The molecule has 6 nitrogen and oxygen atoms in total. The first-order valence-electron chi connectivity index (χ1n) is 9.29. The molecule has 0 amide bonds. The Bertz CT molecular complexity index is 976. The Hall–Kier alpha value is -3.68. The van der Waals surface area contributed by atoms with Crippen LogP contribution >= 0.6 is 0 Å². The van der Waals surface area contributed by atoms with Gasteiger partial charge in [0.15, 0.2) is 23.1 Å². The summed E-state index contributed by atoms with van der Waals surface area (Å²) in [6.45, 7) is 0.338. The topological polar surface area (TPSA) is 61.6 Å². The normalized spacial score (nSPS) is 14.1. The van der Waals surface area contributed by atoms with Crippen LogP contribution in [0.15, 0.2) is 70.9 Å². The molecule has 0 N–H and O–H groups in total. The molecule has 5 rings (SSSR count). The smallest absolute Gasteiger partial charge is 0.168 e. The lowest BCUT2D eigenvalue weighted by molar-refractivity contribution is 0.203. The molecule has 3 aromatic carbocycles. The van der Waals surface area contributed by atoms with Crippen molar-refractivity contribution in [3.63, 3.8) is 0 Å². The first kappa shape index (κ1) is 19.6. The average molecular weight is 412 g/mol. The van der Waals surface area contributed by atoms with E-state index in [2.05, 4.69) is 10.2 Å². The Labute approximate surface area is 171 Å². The van der Waals surface area contributed by atoms with E-state index in [1.54, 1.807) is 48.5 Å². The van der Waals surface area contributed by atoms with Gasteiger partial charge in [-0.1, -0.05) is 12.1 Å². The van der Waals surface area contributed by atoms with Gasteiger partial charge in [0.1, 0.15) is 37.9 Å². The second-order valence-corrected chi connectivity index (χ2v) is 6.30. The molecule has 0 aliphatic carbocycles. The van der Waals surface area contributed by atoms with Crippen LogP contribution < -0.4 is 18.9 Å². The van der Waals surface area contributed by atoms with Crippen LogP contribution in [0.1, 0.15) is 0 Å². The molecule has 0 saturated heterocycles. The minimum absolute atomic E-state index is 0.0307. The van der Waals surface area contributed by atoms with E-state index in [1.807, 2.05) is 0 Å². The highest BCUT2D eigenvalue weighted by molar-refractivity contribution is 5.46. The molecule has 154 valence electrons. The van der Waals surface area contributed by atoms with Gasteiger partial charge < -0.3 is 18.9 Å². The van der Waals surface area contributed by atoms with Gasteiger partial charge >= 0.3 is 0 Å². The Kier molecular flexibility index (Phi) is 6.03. The fourth-order valence-corrected chi connectivity index (χ4v) is 2.74. The molecule has 0 fully saturated rings. The monoisotopic (exact) mass is 412 g/mol. The standard InChI is InChI=1S/C22H18F2N2O4/c23-19-14-22-20(24)13-21(19)29-9-7-27-17-5-1-3-15(11-17)25-26-16-4-2-6-18(12-16)28-8-10-30-22/h1-6,11-14H,7-10H2. The van der Waals surface area contributed by atoms with Crippen molar-refractivity contribution >= 4 is 11.4 Å². The maximum absolute atomic E-state index is 14.2. The van der Waals surface area contributed by atoms with Crippen molar-refractivity contribution in [2.75, 3.05) is 26.4 Å². The molecule has 8 heteroatoms. The van der Waals surface area contributed by atoms with Crippen LogP contribution in [0.5, 0.6) is 23.0 Å². The molecule has 0 aromatic heterocycles. The molecule has 0 spiro atoms. The average Bonchev–Trinajstić information content (AvgIpc) is 2.75. The van der Waals surface area contributed by atoms with Crippen LogP contribution in [0.3, 0.4) is 0 Å². The van der Waals surface area contributed by atoms with E-state index in [1.165, 1.54) is 0 Å². The molecule has 2 heterocycles. The van der Waals surface area contributed by atoms with Crippen molar-refractivity contribution in [1.82, 2.24) is 0 Å². The summed E-state index contributed by atoms with van der Waals surface area (Å²) >= 11 is 0. The summed E-state index contributed by atoms with van der Waals surface area (Å²) < 4.78 is 50.2.